The van der Waals surface area contributed by atoms with E-state index in [-0.39, 0.29) is 40.9 Å². The van der Waals surface area contributed by atoms with Gasteiger partial charge in [-0.3, -0.25) is 9.59 Å². The zero-order chi connectivity index (χ0) is 24.8. The first kappa shape index (κ1) is 21.9. The summed E-state index contributed by atoms with van der Waals surface area (Å²) in [7, 11) is 0. The minimum absolute atomic E-state index is 0.143. The summed E-state index contributed by atoms with van der Waals surface area (Å²) in [5.41, 5.74) is 2.80. The first-order chi connectivity index (χ1) is 17.3. The molecular formula is C28H28FN3O4. The molecule has 3 aromatic rings. The van der Waals surface area contributed by atoms with E-state index in [4.69, 9.17) is 4.74 Å². The molecule has 2 aromatic carbocycles. The fourth-order valence-corrected chi connectivity index (χ4v) is 7.51. The molecule has 1 aromatic heterocycles. The maximum atomic E-state index is 14.7. The van der Waals surface area contributed by atoms with E-state index in [0.29, 0.717) is 28.9 Å². The number of fused-ring (bicyclic) bond motifs is 1. The molecule has 2 N–H and O–H groups in total. The van der Waals surface area contributed by atoms with Gasteiger partial charge in [0.1, 0.15) is 5.82 Å². The van der Waals surface area contributed by atoms with E-state index in [1.165, 1.54) is 6.07 Å². The quantitative estimate of drug-likeness (QED) is 0.531. The van der Waals surface area contributed by atoms with Gasteiger partial charge in [0.15, 0.2) is 0 Å². The molecule has 186 valence electrons. The Balaban J connectivity index is 1.12. The van der Waals surface area contributed by atoms with Crippen molar-refractivity contribution in [2.45, 2.75) is 25.4 Å². The molecular weight excluding hydrogens is 461 g/mol. The molecule has 4 saturated carbocycles. The molecule has 4 aliphatic carbocycles. The Labute approximate surface area is 207 Å². The molecule has 1 aliphatic heterocycles. The maximum Gasteiger partial charge on any atom is 0.303 e. The standard InChI is InChI=1S/C28H28FN3O4/c1-27(14-21(33)34)24-22-25(27)28(22,24)30-26(35)19-6-7-20(29)18-8-9-32(23(18)19)15-16-2-4-17(5-3-16)31-10-12-36-13-11-31/h2-9,22,24-25H,10-15H2,1H3,(H,30,35)(H,33,34)/t22?,24-,25+,27?,28?. The Morgan fingerprint density at radius 1 is 1.11 bits per heavy atom. The molecule has 2 bridgehead atoms. The van der Waals surface area contributed by atoms with Crippen molar-refractivity contribution in [3.05, 3.63) is 65.6 Å². The van der Waals surface area contributed by atoms with E-state index < -0.39 is 5.97 Å². The summed E-state index contributed by atoms with van der Waals surface area (Å²) in [5.74, 6) is -0.475. The Morgan fingerprint density at radius 2 is 1.83 bits per heavy atom. The molecule has 2 heterocycles. The number of aliphatic carboxylic acids is 1. The number of nitrogens with zero attached hydrogens (tertiary/aromatic N) is 2. The summed E-state index contributed by atoms with van der Waals surface area (Å²) in [6.07, 6.45) is 1.97. The largest absolute Gasteiger partial charge is 0.481 e. The molecule has 36 heavy (non-hydrogen) atoms. The number of carbonyl (C=O) groups excluding carboxylic acids is 1. The monoisotopic (exact) mass is 489 g/mol. The van der Waals surface area contributed by atoms with Gasteiger partial charge in [-0.15, -0.1) is 0 Å². The number of rotatable bonds is 7. The molecule has 8 heteroatoms. The number of carboxylic acids is 1. The summed E-state index contributed by atoms with van der Waals surface area (Å²) in [5, 5.41) is 12.9. The van der Waals surface area contributed by atoms with E-state index in [2.05, 4.69) is 34.5 Å². The van der Waals surface area contributed by atoms with Gasteiger partial charge in [-0.1, -0.05) is 19.1 Å². The number of halogens is 1. The van der Waals surface area contributed by atoms with Gasteiger partial charge in [0.2, 0.25) is 0 Å². The van der Waals surface area contributed by atoms with E-state index >= 15 is 0 Å². The summed E-state index contributed by atoms with van der Waals surface area (Å²) in [6, 6.07) is 13.0. The average Bonchev–Trinajstić information content (AvgIpc) is 3.59. The average molecular weight is 490 g/mol. The minimum Gasteiger partial charge on any atom is -0.481 e. The van der Waals surface area contributed by atoms with Crippen molar-refractivity contribution >= 4 is 28.5 Å². The van der Waals surface area contributed by atoms with E-state index in [1.54, 1.807) is 12.1 Å². The van der Waals surface area contributed by atoms with E-state index in [1.807, 2.05) is 17.7 Å². The Morgan fingerprint density at radius 3 is 2.53 bits per heavy atom. The van der Waals surface area contributed by atoms with Crippen LogP contribution in [0.3, 0.4) is 0 Å². The van der Waals surface area contributed by atoms with Crippen molar-refractivity contribution in [3.63, 3.8) is 0 Å². The van der Waals surface area contributed by atoms with Crippen LogP contribution in [0, 0.1) is 29.0 Å². The van der Waals surface area contributed by atoms with Crippen molar-refractivity contribution in [1.82, 2.24) is 9.88 Å². The van der Waals surface area contributed by atoms with E-state index in [9.17, 15) is 19.1 Å². The van der Waals surface area contributed by atoms with Crippen LogP contribution in [0.4, 0.5) is 10.1 Å². The number of nitrogens with one attached hydrogen (secondary N) is 1. The normalized spacial score (nSPS) is 31.5. The Hall–Kier alpha value is -3.39. The number of benzene rings is 2. The SMILES string of the molecule is CC1(CC(=O)O)[C@H]2C3[C@@H]1C32NC(=O)c1ccc(F)c2ccn(Cc3ccc(N4CCOCC4)cc3)c12. The van der Waals surface area contributed by atoms with Crippen LogP contribution in [0.2, 0.25) is 0 Å². The Kier molecular flexibility index (Phi) is 4.44. The number of anilines is 1. The van der Waals surface area contributed by atoms with Gasteiger partial charge in [0.05, 0.1) is 36.3 Å². The zero-order valence-electron chi connectivity index (χ0n) is 20.0. The number of carboxylic acid groups (broad SMARTS) is 1. The maximum absolute atomic E-state index is 14.7. The number of ether oxygens (including phenoxy) is 1. The third-order valence-corrected chi connectivity index (χ3v) is 9.15. The molecule has 1 saturated heterocycles. The minimum atomic E-state index is -0.788. The van der Waals surface area contributed by atoms with Crippen molar-refractivity contribution < 1.29 is 23.8 Å². The van der Waals surface area contributed by atoms with Crippen LogP contribution < -0.4 is 10.2 Å². The smallest absolute Gasteiger partial charge is 0.303 e. The highest BCUT2D eigenvalue weighted by Crippen LogP contribution is 2.98. The summed E-state index contributed by atoms with van der Waals surface area (Å²) < 4.78 is 22.0. The highest BCUT2D eigenvalue weighted by atomic mass is 19.1. The van der Waals surface area contributed by atoms with Crippen LogP contribution in [0.5, 0.6) is 0 Å². The van der Waals surface area contributed by atoms with Crippen LogP contribution >= 0.6 is 0 Å². The van der Waals surface area contributed by atoms with Gasteiger partial charge in [-0.05, 0) is 59.1 Å². The number of amides is 1. The number of hydrogen-bond donors (Lipinski definition) is 2. The number of aromatic nitrogens is 1. The molecule has 3 unspecified atom stereocenters. The molecule has 0 spiro atoms. The van der Waals surface area contributed by atoms with Gasteiger partial charge in [0.25, 0.3) is 5.91 Å². The van der Waals surface area contributed by atoms with Gasteiger partial charge < -0.3 is 24.6 Å². The number of carbonyl (C=O) groups is 2. The number of hydrogen-bond acceptors (Lipinski definition) is 4. The highest BCUT2D eigenvalue weighted by molar-refractivity contribution is 6.07. The molecule has 1 amide bonds. The van der Waals surface area contributed by atoms with Crippen LogP contribution in [0.25, 0.3) is 10.9 Å². The second kappa shape index (κ2) is 7.32. The summed E-state index contributed by atoms with van der Waals surface area (Å²) in [6.45, 7) is 5.74. The van der Waals surface area contributed by atoms with Crippen LogP contribution in [-0.2, 0) is 16.1 Å². The van der Waals surface area contributed by atoms with Crippen molar-refractivity contribution in [1.29, 1.82) is 0 Å². The fourth-order valence-electron chi connectivity index (χ4n) is 7.51. The molecule has 0 radical (unpaired) electrons. The highest BCUT2D eigenvalue weighted by Gasteiger charge is 3.04. The van der Waals surface area contributed by atoms with Gasteiger partial charge in [-0.25, -0.2) is 4.39 Å². The Bertz CT molecular complexity index is 1400. The summed E-state index contributed by atoms with van der Waals surface area (Å²) >= 11 is 0. The molecule has 5 fully saturated rings. The molecule has 5 aliphatic rings. The topological polar surface area (TPSA) is 83.8 Å². The first-order valence-corrected chi connectivity index (χ1v) is 12.6. The van der Waals surface area contributed by atoms with Crippen molar-refractivity contribution in [2.24, 2.45) is 23.2 Å². The third kappa shape index (κ3) is 2.88. The lowest BCUT2D eigenvalue weighted by atomic mass is 9.54. The molecule has 5 atom stereocenters. The van der Waals surface area contributed by atoms with Crippen LogP contribution in [0.15, 0.2) is 48.7 Å². The van der Waals surface area contributed by atoms with Gasteiger partial charge in [-0.2, -0.15) is 0 Å². The van der Waals surface area contributed by atoms with Crippen molar-refractivity contribution in [2.75, 3.05) is 31.2 Å². The van der Waals surface area contributed by atoms with Crippen LogP contribution in [0.1, 0.15) is 29.3 Å². The lowest BCUT2D eigenvalue weighted by molar-refractivity contribution is -0.146. The molecule has 8 rings (SSSR count). The second-order valence-corrected chi connectivity index (χ2v) is 11.0. The van der Waals surface area contributed by atoms with Gasteiger partial charge in [0, 0.05) is 36.9 Å². The predicted molar refractivity (Wildman–Crippen MR) is 131 cm³/mol. The van der Waals surface area contributed by atoms with Crippen LogP contribution in [-0.4, -0.2) is 53.4 Å². The first-order valence-electron chi connectivity index (χ1n) is 12.6. The second-order valence-electron chi connectivity index (χ2n) is 11.0. The van der Waals surface area contributed by atoms with Crippen molar-refractivity contribution in [3.8, 4) is 0 Å². The van der Waals surface area contributed by atoms with E-state index in [0.717, 1.165) is 37.6 Å². The fraction of sp³-hybridized carbons (Fsp3) is 0.429. The molecule has 7 nitrogen and oxygen atoms in total. The number of morpholine rings is 1. The van der Waals surface area contributed by atoms with Gasteiger partial charge >= 0.3 is 5.97 Å². The lowest BCUT2D eigenvalue weighted by Gasteiger charge is -2.51. The summed E-state index contributed by atoms with van der Waals surface area (Å²) in [4.78, 5) is 26.9. The lowest BCUT2D eigenvalue weighted by Crippen LogP contribution is -2.57. The third-order valence-electron chi connectivity index (χ3n) is 9.15. The predicted octanol–water partition coefficient (Wildman–Crippen LogP) is 3.50. The zero-order valence-corrected chi connectivity index (χ0v) is 20.0.